The predicted octanol–water partition coefficient (Wildman–Crippen LogP) is 1.19. The monoisotopic (exact) mass is 718 g/mol. The molecule has 2 unspecified atom stereocenters. The van der Waals surface area contributed by atoms with Gasteiger partial charge in [-0.05, 0) is 64.3 Å². The molecule has 0 bridgehead atoms. The lowest BCUT2D eigenvalue weighted by Gasteiger charge is -2.23. The van der Waals surface area contributed by atoms with Crippen molar-refractivity contribution >= 4 is 35.6 Å². The number of hydrogen-bond donors (Lipinski definition) is 4. The average Bonchev–Trinajstić information content (AvgIpc) is 3.00. The van der Waals surface area contributed by atoms with Crippen LogP contribution in [0.25, 0.3) is 0 Å². The summed E-state index contributed by atoms with van der Waals surface area (Å²) in [6.45, 7) is 9.98. The van der Waals surface area contributed by atoms with Crippen LogP contribution in [-0.2, 0) is 47.7 Å². The number of likely N-dealkylation sites (N-methyl/N-ethyl adjacent to an activating group) is 1. The van der Waals surface area contributed by atoms with Crippen LogP contribution in [0.15, 0.2) is 0 Å². The van der Waals surface area contributed by atoms with Gasteiger partial charge in [0, 0.05) is 13.1 Å². The number of carbonyl (C=O) groups is 6. The molecule has 0 rings (SSSR count). The van der Waals surface area contributed by atoms with Crippen molar-refractivity contribution in [3.63, 3.8) is 0 Å². The lowest BCUT2D eigenvalue weighted by atomic mass is 10.0. The van der Waals surface area contributed by atoms with E-state index in [-0.39, 0.29) is 89.5 Å². The molecule has 1 amide bonds. The van der Waals surface area contributed by atoms with Crippen LogP contribution in [0.4, 0.5) is 0 Å². The minimum Gasteiger partial charge on any atom is -0.480 e. The van der Waals surface area contributed by atoms with Gasteiger partial charge < -0.3 is 39.8 Å². The van der Waals surface area contributed by atoms with E-state index in [1.807, 2.05) is 27.7 Å². The van der Waals surface area contributed by atoms with Crippen LogP contribution in [0.3, 0.4) is 0 Å². The Labute approximate surface area is 296 Å². The third-order valence-corrected chi connectivity index (χ3v) is 7.20. The van der Waals surface area contributed by atoms with Crippen LogP contribution in [0, 0.1) is 11.8 Å². The second kappa shape index (κ2) is 28.5. The molecule has 0 heterocycles. The molecule has 16 nitrogen and oxygen atoms in total. The Hall–Kier alpha value is -3.18. The minimum atomic E-state index is -1.12. The van der Waals surface area contributed by atoms with Crippen molar-refractivity contribution in [2.24, 2.45) is 11.8 Å². The van der Waals surface area contributed by atoms with Crippen molar-refractivity contribution < 1.29 is 57.9 Å². The molecule has 0 aliphatic heterocycles. The Kier molecular flexibility index (Phi) is 26.7. The maximum atomic E-state index is 12.8. The first kappa shape index (κ1) is 46.8. The molecule has 0 radical (unpaired) electrons. The Balaban J connectivity index is 4.53. The molecule has 4 N–H and O–H groups in total. The van der Waals surface area contributed by atoms with Gasteiger partial charge in [-0.2, -0.15) is 0 Å². The molecule has 2 atom stereocenters. The fourth-order valence-corrected chi connectivity index (χ4v) is 4.87. The van der Waals surface area contributed by atoms with Crippen molar-refractivity contribution in [1.29, 1.82) is 0 Å². The molecule has 0 spiro atoms. The summed E-state index contributed by atoms with van der Waals surface area (Å²) >= 11 is 0. The largest absolute Gasteiger partial charge is 0.480 e. The number of ketones is 1. The highest BCUT2D eigenvalue weighted by atomic mass is 16.5. The maximum Gasteiger partial charge on any atom is 0.328 e. The number of aliphatic carboxylic acids is 2. The summed E-state index contributed by atoms with van der Waals surface area (Å²) in [6, 6.07) is -1.20. The first-order valence-electron chi connectivity index (χ1n) is 17.5. The van der Waals surface area contributed by atoms with Crippen LogP contribution in [0.5, 0.6) is 0 Å². The molecular weight excluding hydrogens is 656 g/mol. The topological polar surface area (TPSA) is 210 Å². The zero-order chi connectivity index (χ0) is 37.9. The minimum absolute atomic E-state index is 0.0117. The van der Waals surface area contributed by atoms with Crippen molar-refractivity contribution in [3.8, 4) is 0 Å². The zero-order valence-corrected chi connectivity index (χ0v) is 30.9. The Morgan fingerprint density at radius 2 is 1.04 bits per heavy atom. The smallest absolute Gasteiger partial charge is 0.328 e. The van der Waals surface area contributed by atoms with Gasteiger partial charge in [-0.15, -0.1) is 0 Å². The standard InChI is InChI=1S/C34H62N4O12/c1-25(2)19-28(35-6)33(45)49-13-9-7-8-10-14-50-34(46)29(20-26(3)4)36-30(40)22-38(24-32(43)44)12-16-48-18-17-47-15-11-37(21-27(5)39)23-31(41)42/h25-26,28-29,35H,7-24H2,1-6H3,(H,36,40)(H,41,42)(H,43,44). The van der Waals surface area contributed by atoms with E-state index in [9.17, 15) is 33.9 Å². The van der Waals surface area contributed by atoms with Crippen molar-refractivity contribution in [2.45, 2.75) is 85.2 Å². The Morgan fingerprint density at radius 3 is 1.46 bits per heavy atom. The Bertz CT molecular complexity index is 995. The van der Waals surface area contributed by atoms with Gasteiger partial charge in [0.15, 0.2) is 0 Å². The van der Waals surface area contributed by atoms with Crippen molar-refractivity contribution in [2.75, 3.05) is 86.0 Å². The number of rotatable bonds is 32. The lowest BCUT2D eigenvalue weighted by Crippen LogP contribution is -2.48. The lowest BCUT2D eigenvalue weighted by molar-refractivity contribution is -0.149. The number of carboxylic acids is 2. The predicted molar refractivity (Wildman–Crippen MR) is 185 cm³/mol. The highest BCUT2D eigenvalue weighted by Gasteiger charge is 2.25. The third-order valence-electron chi connectivity index (χ3n) is 7.20. The molecule has 16 heteroatoms. The van der Waals surface area contributed by atoms with Crippen LogP contribution in [0.2, 0.25) is 0 Å². The number of carbonyl (C=O) groups excluding carboxylic acids is 4. The summed E-state index contributed by atoms with van der Waals surface area (Å²) in [5.74, 6) is -3.18. The fourth-order valence-electron chi connectivity index (χ4n) is 4.87. The number of hydrogen-bond acceptors (Lipinski definition) is 13. The van der Waals surface area contributed by atoms with Gasteiger partial charge in [-0.1, -0.05) is 27.7 Å². The number of nitrogens with zero attached hydrogens (tertiary/aromatic N) is 2. The van der Waals surface area contributed by atoms with E-state index in [1.165, 1.54) is 16.7 Å². The summed E-state index contributed by atoms with van der Waals surface area (Å²) < 4.78 is 21.8. The first-order valence-corrected chi connectivity index (χ1v) is 17.5. The second-order valence-corrected chi connectivity index (χ2v) is 13.1. The van der Waals surface area contributed by atoms with Gasteiger partial charge in [0.2, 0.25) is 5.91 Å². The van der Waals surface area contributed by atoms with Crippen LogP contribution in [0.1, 0.15) is 73.1 Å². The second-order valence-electron chi connectivity index (χ2n) is 13.1. The summed E-state index contributed by atoms with van der Waals surface area (Å²) in [5.41, 5.74) is 0. The molecule has 0 aromatic carbocycles. The highest BCUT2D eigenvalue weighted by molar-refractivity contribution is 5.85. The van der Waals surface area contributed by atoms with Crippen molar-refractivity contribution in [3.05, 3.63) is 0 Å². The van der Waals surface area contributed by atoms with E-state index in [2.05, 4.69) is 10.6 Å². The SMILES string of the molecule is CNC(CC(C)C)C(=O)OCCCCCCOC(=O)C(CC(C)C)NC(=O)CN(CCOCCOCCN(CC(C)=O)CC(=O)O)CC(=O)O. The van der Waals surface area contributed by atoms with Gasteiger partial charge >= 0.3 is 23.9 Å². The summed E-state index contributed by atoms with van der Waals surface area (Å²) in [4.78, 5) is 74.3. The average molecular weight is 719 g/mol. The summed E-state index contributed by atoms with van der Waals surface area (Å²) in [7, 11) is 1.74. The molecule has 0 aliphatic carbocycles. The maximum absolute atomic E-state index is 12.8. The molecule has 290 valence electrons. The van der Waals surface area contributed by atoms with Crippen LogP contribution < -0.4 is 10.6 Å². The number of esters is 2. The fraction of sp³-hybridized carbons (Fsp3) is 0.824. The number of amides is 1. The van der Waals surface area contributed by atoms with E-state index in [1.54, 1.807) is 7.05 Å². The van der Waals surface area contributed by atoms with Crippen LogP contribution >= 0.6 is 0 Å². The molecule has 0 saturated carbocycles. The molecule has 0 aromatic rings. The summed E-state index contributed by atoms with van der Waals surface area (Å²) in [6.07, 6.45) is 3.96. The molecule has 0 aromatic heterocycles. The molecular formula is C34H62N4O12. The van der Waals surface area contributed by atoms with E-state index in [0.29, 0.717) is 38.2 Å². The van der Waals surface area contributed by atoms with Crippen LogP contribution in [-0.4, -0.2) is 154 Å². The third kappa shape index (κ3) is 26.7. The van der Waals surface area contributed by atoms with E-state index < -0.39 is 36.4 Å². The van der Waals surface area contributed by atoms with E-state index in [4.69, 9.17) is 24.1 Å². The van der Waals surface area contributed by atoms with Gasteiger partial charge in [0.05, 0.1) is 65.8 Å². The number of ether oxygens (including phenoxy) is 4. The van der Waals surface area contributed by atoms with E-state index >= 15 is 0 Å². The summed E-state index contributed by atoms with van der Waals surface area (Å²) in [5, 5.41) is 23.9. The van der Waals surface area contributed by atoms with Crippen molar-refractivity contribution in [1.82, 2.24) is 20.4 Å². The zero-order valence-electron chi connectivity index (χ0n) is 30.9. The quantitative estimate of drug-likeness (QED) is 0.0569. The highest BCUT2D eigenvalue weighted by Crippen LogP contribution is 2.09. The molecule has 0 saturated heterocycles. The van der Waals surface area contributed by atoms with E-state index in [0.717, 1.165) is 12.8 Å². The number of unbranched alkanes of at least 4 members (excludes halogenated alkanes) is 3. The molecule has 50 heavy (non-hydrogen) atoms. The van der Waals surface area contributed by atoms with Gasteiger partial charge in [0.25, 0.3) is 0 Å². The first-order chi connectivity index (χ1) is 23.6. The Morgan fingerprint density at radius 1 is 0.600 bits per heavy atom. The normalized spacial score (nSPS) is 12.7. The molecule has 0 fully saturated rings. The molecule has 0 aliphatic rings. The van der Waals surface area contributed by atoms with Gasteiger partial charge in [-0.3, -0.25) is 33.8 Å². The van der Waals surface area contributed by atoms with Gasteiger partial charge in [0.1, 0.15) is 17.9 Å². The number of Topliss-reactive ketones (excluding diaryl/α,β-unsaturated/α-hetero) is 1. The van der Waals surface area contributed by atoms with Gasteiger partial charge in [-0.25, -0.2) is 4.79 Å². The number of nitrogens with one attached hydrogen (secondary N) is 2. The number of carboxylic acid groups (broad SMARTS) is 2.